The fourth-order valence-corrected chi connectivity index (χ4v) is 3.88. The fraction of sp³-hybridized carbons (Fsp3) is 0.600. The Morgan fingerprint density at radius 3 is 1.47 bits per heavy atom. The van der Waals surface area contributed by atoms with Crippen molar-refractivity contribution in [1.82, 2.24) is 9.80 Å². The molecule has 0 spiro atoms. The Hall–Kier alpha value is -1.58. The normalized spacial score (nSPS) is 33.8. The highest BCUT2D eigenvalue weighted by Gasteiger charge is 2.49. The van der Waals surface area contributed by atoms with E-state index in [2.05, 4.69) is 27.0 Å². The van der Waals surface area contributed by atoms with E-state index in [0.717, 1.165) is 6.42 Å². The van der Waals surface area contributed by atoms with E-state index >= 15 is 0 Å². The van der Waals surface area contributed by atoms with Gasteiger partial charge >= 0.3 is 0 Å². The van der Waals surface area contributed by atoms with Crippen molar-refractivity contribution in [1.29, 1.82) is 0 Å². The van der Waals surface area contributed by atoms with Crippen LogP contribution in [0.3, 0.4) is 0 Å². The lowest BCUT2D eigenvalue weighted by molar-refractivity contribution is -0.147. The zero-order valence-corrected chi connectivity index (χ0v) is 11.8. The van der Waals surface area contributed by atoms with Crippen molar-refractivity contribution in [3.05, 3.63) is 25.3 Å². The molecule has 0 radical (unpaired) electrons. The molecule has 2 aliphatic heterocycles. The lowest BCUT2D eigenvalue weighted by Crippen LogP contribution is -2.63. The number of hydrogen-bond acceptors (Lipinski definition) is 2. The van der Waals surface area contributed by atoms with E-state index in [1.165, 1.54) is 12.2 Å². The van der Waals surface area contributed by atoms with Gasteiger partial charge in [0.15, 0.2) is 0 Å². The minimum absolute atomic E-state index is 0.0133. The summed E-state index contributed by atoms with van der Waals surface area (Å²) in [6.45, 7) is 14.2. The maximum atomic E-state index is 11.9. The second-order valence-corrected chi connectivity index (χ2v) is 6.59. The molecule has 0 N–H and O–H groups in total. The van der Waals surface area contributed by atoms with Crippen LogP contribution in [-0.2, 0) is 9.59 Å². The van der Waals surface area contributed by atoms with Crippen LogP contribution in [0.4, 0.5) is 0 Å². The molecule has 2 rings (SSSR count). The number of carbonyl (C=O) groups excluding carboxylic acids is 2. The van der Waals surface area contributed by atoms with Crippen LogP contribution in [0.2, 0.25) is 0 Å². The average Bonchev–Trinajstić information content (AvgIpc) is 2.33. The van der Waals surface area contributed by atoms with E-state index in [1.807, 2.05) is 9.80 Å². The van der Waals surface area contributed by atoms with Crippen LogP contribution in [0.25, 0.3) is 0 Å². The van der Waals surface area contributed by atoms with Gasteiger partial charge in [-0.25, -0.2) is 0 Å². The van der Waals surface area contributed by atoms with Crippen molar-refractivity contribution >= 4 is 11.8 Å². The second-order valence-electron chi connectivity index (χ2n) is 6.59. The summed E-state index contributed by atoms with van der Waals surface area (Å²) in [6, 6.07) is 0. The average molecular weight is 262 g/mol. The second kappa shape index (κ2) is 4.51. The van der Waals surface area contributed by atoms with Gasteiger partial charge in [0.1, 0.15) is 0 Å². The maximum absolute atomic E-state index is 11.9. The molecule has 4 nitrogen and oxygen atoms in total. The molecule has 0 aromatic rings. The molecule has 2 amide bonds. The lowest BCUT2D eigenvalue weighted by Gasteiger charge is -2.56. The van der Waals surface area contributed by atoms with Crippen molar-refractivity contribution in [2.75, 3.05) is 26.2 Å². The Balaban J connectivity index is 2.24. The van der Waals surface area contributed by atoms with Gasteiger partial charge in [-0.1, -0.05) is 27.0 Å². The van der Waals surface area contributed by atoms with Crippen LogP contribution in [0.1, 0.15) is 20.3 Å². The predicted octanol–water partition coefficient (Wildman–Crippen LogP) is 1.45. The molecule has 4 heteroatoms. The van der Waals surface area contributed by atoms with E-state index in [0.29, 0.717) is 26.2 Å². The van der Waals surface area contributed by atoms with Crippen molar-refractivity contribution in [3.8, 4) is 0 Å². The van der Waals surface area contributed by atoms with Gasteiger partial charge in [0, 0.05) is 37.0 Å². The molecule has 2 aliphatic rings. The molecule has 0 saturated carbocycles. The van der Waals surface area contributed by atoms with Crippen molar-refractivity contribution in [2.24, 2.45) is 10.8 Å². The molecule has 0 aromatic heterocycles. The summed E-state index contributed by atoms with van der Waals surface area (Å²) >= 11 is 0. The van der Waals surface area contributed by atoms with Crippen LogP contribution in [-0.4, -0.2) is 47.8 Å². The van der Waals surface area contributed by atoms with Crippen LogP contribution >= 0.6 is 0 Å². The summed E-state index contributed by atoms with van der Waals surface area (Å²) in [5, 5.41) is 0. The molecule has 0 aromatic carbocycles. The van der Waals surface area contributed by atoms with Gasteiger partial charge in [-0.3, -0.25) is 9.59 Å². The number of nitrogens with zero attached hydrogens (tertiary/aromatic N) is 2. The molecule has 2 heterocycles. The molecule has 0 unspecified atom stereocenters. The Kier molecular flexibility index (Phi) is 3.29. The lowest BCUT2D eigenvalue weighted by atomic mass is 9.65. The van der Waals surface area contributed by atoms with Gasteiger partial charge in [0.2, 0.25) is 11.8 Å². The smallest absolute Gasteiger partial charge is 0.245 e. The first-order valence-electron chi connectivity index (χ1n) is 6.64. The molecular weight excluding hydrogens is 240 g/mol. The summed E-state index contributed by atoms with van der Waals surface area (Å²) < 4.78 is 0. The monoisotopic (exact) mass is 262 g/mol. The maximum Gasteiger partial charge on any atom is 0.245 e. The number of carbonyl (C=O) groups is 2. The highest BCUT2D eigenvalue weighted by molar-refractivity contribution is 5.88. The SMILES string of the molecule is C=CC(=O)N1CC2(C)CN(C(=O)C=C)CC(C)(C1)C2. The number of amides is 2. The largest absolute Gasteiger partial charge is 0.338 e. The van der Waals surface area contributed by atoms with E-state index in [4.69, 9.17) is 0 Å². The first-order valence-corrected chi connectivity index (χ1v) is 6.64. The highest BCUT2D eigenvalue weighted by Crippen LogP contribution is 2.45. The zero-order valence-electron chi connectivity index (χ0n) is 11.8. The Morgan fingerprint density at radius 2 is 1.21 bits per heavy atom. The standard InChI is InChI=1S/C15H22N2O2/c1-5-12(18)16-8-14(3)7-15(4,9-16)11-17(10-14)13(19)6-2/h5-6H,1-2,7-11H2,3-4H3. The Morgan fingerprint density at radius 1 is 0.895 bits per heavy atom. The predicted molar refractivity (Wildman–Crippen MR) is 74.4 cm³/mol. The number of rotatable bonds is 2. The van der Waals surface area contributed by atoms with E-state index in [1.54, 1.807) is 0 Å². The van der Waals surface area contributed by atoms with E-state index < -0.39 is 0 Å². The van der Waals surface area contributed by atoms with E-state index in [-0.39, 0.29) is 22.6 Å². The summed E-state index contributed by atoms with van der Waals surface area (Å²) in [7, 11) is 0. The first kappa shape index (κ1) is 13.8. The highest BCUT2D eigenvalue weighted by atomic mass is 16.2. The topological polar surface area (TPSA) is 40.6 Å². The molecular formula is C15H22N2O2. The van der Waals surface area contributed by atoms with Gasteiger partial charge < -0.3 is 9.80 Å². The van der Waals surface area contributed by atoms with Crippen molar-refractivity contribution in [3.63, 3.8) is 0 Å². The zero-order chi connectivity index (χ0) is 14.3. The summed E-state index contributed by atoms with van der Waals surface area (Å²) in [5.41, 5.74) is -0.0782. The van der Waals surface area contributed by atoms with Crippen LogP contribution in [0.5, 0.6) is 0 Å². The molecule has 19 heavy (non-hydrogen) atoms. The molecule has 0 atom stereocenters. The van der Waals surface area contributed by atoms with E-state index in [9.17, 15) is 9.59 Å². The third-order valence-electron chi connectivity index (χ3n) is 4.12. The minimum atomic E-state index is -0.0391. The Bertz CT molecular complexity index is 389. The van der Waals surface area contributed by atoms with Crippen molar-refractivity contribution in [2.45, 2.75) is 20.3 Å². The van der Waals surface area contributed by atoms with Crippen LogP contribution < -0.4 is 0 Å². The van der Waals surface area contributed by atoms with Gasteiger partial charge in [-0.05, 0) is 18.6 Å². The quantitative estimate of drug-likeness (QED) is 0.707. The van der Waals surface area contributed by atoms with Gasteiger partial charge in [0.05, 0.1) is 0 Å². The van der Waals surface area contributed by atoms with Crippen molar-refractivity contribution < 1.29 is 9.59 Å². The van der Waals surface area contributed by atoms with Gasteiger partial charge in [-0.15, -0.1) is 0 Å². The summed E-state index contributed by atoms with van der Waals surface area (Å²) in [6.07, 6.45) is 3.79. The molecule has 2 bridgehead atoms. The third-order valence-corrected chi connectivity index (χ3v) is 4.12. The molecule has 0 aliphatic carbocycles. The fourth-order valence-electron chi connectivity index (χ4n) is 3.88. The number of fused-ring (bicyclic) bond motifs is 2. The first-order chi connectivity index (χ1) is 8.81. The molecule has 2 saturated heterocycles. The third kappa shape index (κ3) is 2.57. The Labute approximate surface area is 114 Å². The number of likely N-dealkylation sites (tertiary alicyclic amines) is 2. The molecule has 104 valence electrons. The number of piperidine rings is 2. The molecule has 2 fully saturated rings. The van der Waals surface area contributed by atoms with Gasteiger partial charge in [0.25, 0.3) is 0 Å². The number of hydrogen-bond donors (Lipinski definition) is 0. The summed E-state index contributed by atoms with van der Waals surface area (Å²) in [5.74, 6) is -0.0266. The van der Waals surface area contributed by atoms with Gasteiger partial charge in [-0.2, -0.15) is 0 Å². The van der Waals surface area contributed by atoms with Crippen LogP contribution in [0, 0.1) is 10.8 Å². The minimum Gasteiger partial charge on any atom is -0.338 e. The summed E-state index contributed by atoms with van der Waals surface area (Å²) in [4.78, 5) is 27.5. The van der Waals surface area contributed by atoms with Crippen LogP contribution in [0.15, 0.2) is 25.3 Å².